The summed E-state index contributed by atoms with van der Waals surface area (Å²) < 4.78 is 26.3. The average Bonchev–Trinajstić information content (AvgIpc) is 3.25. The third-order valence-corrected chi connectivity index (χ3v) is 5.82. The van der Waals surface area contributed by atoms with Crippen molar-refractivity contribution >= 4 is 23.6 Å². The minimum Gasteiger partial charge on any atom is -0.354 e. The van der Waals surface area contributed by atoms with E-state index in [0.29, 0.717) is 23.6 Å². The molecule has 25 heavy (non-hydrogen) atoms. The fraction of sp³-hybridized carbons (Fsp3) is 0.556. The van der Waals surface area contributed by atoms with E-state index in [4.69, 9.17) is 0 Å². The van der Waals surface area contributed by atoms with Gasteiger partial charge in [-0.05, 0) is 37.0 Å². The molecule has 136 valence electrons. The lowest BCUT2D eigenvalue weighted by Crippen LogP contribution is -2.49. The van der Waals surface area contributed by atoms with Crippen molar-refractivity contribution in [3.63, 3.8) is 0 Å². The molecule has 7 heteroatoms. The lowest BCUT2D eigenvalue weighted by Gasteiger charge is -2.25. The Bertz CT molecular complexity index is 630. The average molecular weight is 368 g/mol. The molecule has 1 saturated carbocycles. The van der Waals surface area contributed by atoms with E-state index in [1.165, 1.54) is 12.1 Å². The maximum atomic E-state index is 13.2. The third-order valence-electron chi connectivity index (χ3n) is 4.81. The SMILES string of the molecule is O=C(NCCc1cc(F)cc(F)c1)C1CSCN1C(=O)C1CCCC1. The van der Waals surface area contributed by atoms with Crippen LogP contribution < -0.4 is 5.32 Å². The quantitative estimate of drug-likeness (QED) is 0.869. The van der Waals surface area contributed by atoms with Crippen molar-refractivity contribution in [2.75, 3.05) is 18.2 Å². The molecule has 1 aliphatic heterocycles. The first-order chi connectivity index (χ1) is 12.0. The van der Waals surface area contributed by atoms with E-state index in [9.17, 15) is 18.4 Å². The molecule has 0 bridgehead atoms. The molecule has 1 saturated heterocycles. The van der Waals surface area contributed by atoms with Crippen molar-refractivity contribution in [1.29, 1.82) is 0 Å². The van der Waals surface area contributed by atoms with Crippen LogP contribution in [0.4, 0.5) is 8.78 Å². The van der Waals surface area contributed by atoms with Gasteiger partial charge in [0.1, 0.15) is 17.7 Å². The van der Waals surface area contributed by atoms with Crippen molar-refractivity contribution in [2.24, 2.45) is 5.92 Å². The number of benzene rings is 1. The molecular formula is C18H22F2N2O2S. The van der Waals surface area contributed by atoms with E-state index in [-0.39, 0.29) is 24.3 Å². The summed E-state index contributed by atoms with van der Waals surface area (Å²) in [6.45, 7) is 0.286. The molecule has 1 aromatic carbocycles. The van der Waals surface area contributed by atoms with Gasteiger partial charge in [-0.1, -0.05) is 12.8 Å². The van der Waals surface area contributed by atoms with Gasteiger partial charge in [-0.3, -0.25) is 9.59 Å². The molecule has 1 atom stereocenters. The highest BCUT2D eigenvalue weighted by atomic mass is 32.2. The molecule has 1 N–H and O–H groups in total. The summed E-state index contributed by atoms with van der Waals surface area (Å²) in [6, 6.07) is 2.90. The smallest absolute Gasteiger partial charge is 0.243 e. The van der Waals surface area contributed by atoms with Crippen LogP contribution in [0, 0.1) is 17.6 Å². The monoisotopic (exact) mass is 368 g/mol. The van der Waals surface area contributed by atoms with Gasteiger partial charge in [0, 0.05) is 24.3 Å². The molecule has 2 amide bonds. The molecule has 4 nitrogen and oxygen atoms in total. The summed E-state index contributed by atoms with van der Waals surface area (Å²) in [6.07, 6.45) is 4.34. The van der Waals surface area contributed by atoms with Crippen LogP contribution in [0.15, 0.2) is 18.2 Å². The van der Waals surface area contributed by atoms with E-state index in [2.05, 4.69) is 5.32 Å². The van der Waals surface area contributed by atoms with Crippen LogP contribution in [-0.2, 0) is 16.0 Å². The number of hydrogen-bond donors (Lipinski definition) is 1. The highest BCUT2D eigenvalue weighted by Crippen LogP contribution is 2.30. The van der Waals surface area contributed by atoms with Crippen molar-refractivity contribution in [1.82, 2.24) is 10.2 Å². The predicted octanol–water partition coefficient (Wildman–Crippen LogP) is 2.72. The topological polar surface area (TPSA) is 49.4 Å². The van der Waals surface area contributed by atoms with Crippen molar-refractivity contribution in [2.45, 2.75) is 38.1 Å². The third kappa shape index (κ3) is 4.51. The molecule has 1 heterocycles. The first-order valence-electron chi connectivity index (χ1n) is 8.65. The van der Waals surface area contributed by atoms with Crippen LogP contribution >= 0.6 is 11.8 Å². The van der Waals surface area contributed by atoms with Crippen LogP contribution in [0.5, 0.6) is 0 Å². The highest BCUT2D eigenvalue weighted by molar-refractivity contribution is 7.99. The van der Waals surface area contributed by atoms with E-state index in [0.717, 1.165) is 31.7 Å². The zero-order valence-corrected chi connectivity index (χ0v) is 14.8. The van der Waals surface area contributed by atoms with E-state index in [1.54, 1.807) is 16.7 Å². The van der Waals surface area contributed by atoms with E-state index >= 15 is 0 Å². The first-order valence-corrected chi connectivity index (χ1v) is 9.81. The zero-order chi connectivity index (χ0) is 17.8. The van der Waals surface area contributed by atoms with Gasteiger partial charge in [-0.25, -0.2) is 8.78 Å². The van der Waals surface area contributed by atoms with Crippen molar-refractivity contribution < 1.29 is 18.4 Å². The Hall–Kier alpha value is -1.63. The number of thioether (sulfide) groups is 1. The number of nitrogens with zero attached hydrogens (tertiary/aromatic N) is 1. The summed E-state index contributed by atoms with van der Waals surface area (Å²) in [7, 11) is 0. The van der Waals surface area contributed by atoms with E-state index in [1.807, 2.05) is 0 Å². The second kappa shape index (κ2) is 8.17. The van der Waals surface area contributed by atoms with Gasteiger partial charge >= 0.3 is 0 Å². The lowest BCUT2D eigenvalue weighted by atomic mass is 10.1. The van der Waals surface area contributed by atoms with Crippen LogP contribution in [0.1, 0.15) is 31.2 Å². The number of halogens is 2. The van der Waals surface area contributed by atoms with Crippen LogP contribution in [-0.4, -0.2) is 40.9 Å². The fourth-order valence-corrected chi connectivity index (χ4v) is 4.65. The van der Waals surface area contributed by atoms with Gasteiger partial charge in [0.2, 0.25) is 11.8 Å². The number of carbonyl (C=O) groups is 2. The highest BCUT2D eigenvalue weighted by Gasteiger charge is 2.38. The Morgan fingerprint density at radius 2 is 1.84 bits per heavy atom. The molecule has 0 radical (unpaired) electrons. The van der Waals surface area contributed by atoms with Crippen LogP contribution in [0.25, 0.3) is 0 Å². The molecule has 3 rings (SSSR count). The Morgan fingerprint density at radius 3 is 2.52 bits per heavy atom. The van der Waals surface area contributed by atoms with Crippen LogP contribution in [0.2, 0.25) is 0 Å². The minimum atomic E-state index is -0.623. The van der Waals surface area contributed by atoms with E-state index < -0.39 is 17.7 Å². The molecule has 1 aromatic rings. The minimum absolute atomic E-state index is 0.0595. The number of rotatable bonds is 5. The predicted molar refractivity (Wildman–Crippen MR) is 93.0 cm³/mol. The van der Waals surface area contributed by atoms with Gasteiger partial charge in [0.05, 0.1) is 5.88 Å². The summed E-state index contributed by atoms with van der Waals surface area (Å²) in [5, 5.41) is 2.80. The molecule has 0 aromatic heterocycles. The zero-order valence-electron chi connectivity index (χ0n) is 14.0. The van der Waals surface area contributed by atoms with Gasteiger partial charge in [0.25, 0.3) is 0 Å². The first kappa shape index (κ1) is 18.2. The Morgan fingerprint density at radius 1 is 1.16 bits per heavy atom. The van der Waals surface area contributed by atoms with Crippen molar-refractivity contribution in [3.05, 3.63) is 35.4 Å². The number of nitrogens with one attached hydrogen (secondary N) is 1. The molecule has 2 fully saturated rings. The summed E-state index contributed by atoms with van der Waals surface area (Å²) in [5.41, 5.74) is 0.498. The Balaban J connectivity index is 1.52. The normalized spacial score (nSPS) is 20.9. The Labute approximate surface area is 150 Å². The maximum Gasteiger partial charge on any atom is 0.243 e. The molecule has 1 unspecified atom stereocenters. The summed E-state index contributed by atoms with van der Waals surface area (Å²) in [4.78, 5) is 26.7. The number of hydrogen-bond acceptors (Lipinski definition) is 3. The van der Waals surface area contributed by atoms with Gasteiger partial charge in [-0.15, -0.1) is 11.8 Å². The van der Waals surface area contributed by atoms with Gasteiger partial charge in [-0.2, -0.15) is 0 Å². The molecule has 1 aliphatic carbocycles. The molecule has 0 spiro atoms. The van der Waals surface area contributed by atoms with Gasteiger partial charge < -0.3 is 10.2 Å². The molecule has 2 aliphatic rings. The fourth-order valence-electron chi connectivity index (χ4n) is 3.49. The number of amides is 2. The maximum absolute atomic E-state index is 13.2. The second-order valence-electron chi connectivity index (χ2n) is 6.62. The number of carbonyl (C=O) groups excluding carboxylic acids is 2. The van der Waals surface area contributed by atoms with Crippen molar-refractivity contribution in [3.8, 4) is 0 Å². The van der Waals surface area contributed by atoms with Crippen LogP contribution in [0.3, 0.4) is 0 Å². The summed E-state index contributed by atoms with van der Waals surface area (Å²) in [5.74, 6) is -0.127. The standard InChI is InChI=1S/C18H22F2N2O2S/c19-14-7-12(8-15(20)9-14)5-6-21-17(23)16-10-25-11-22(16)18(24)13-3-1-2-4-13/h7-9,13,16H,1-6,10-11H2,(H,21,23). The van der Waals surface area contributed by atoms with Gasteiger partial charge in [0.15, 0.2) is 0 Å². The second-order valence-corrected chi connectivity index (χ2v) is 7.62. The summed E-state index contributed by atoms with van der Waals surface area (Å²) >= 11 is 1.58. The Kier molecular flexibility index (Phi) is 5.93. The molecular weight excluding hydrogens is 346 g/mol. The lowest BCUT2D eigenvalue weighted by molar-refractivity contribution is -0.141. The largest absolute Gasteiger partial charge is 0.354 e.